The fourth-order valence-corrected chi connectivity index (χ4v) is 4.85. The topological polar surface area (TPSA) is 104 Å². The predicted molar refractivity (Wildman–Crippen MR) is 152 cm³/mol. The molecule has 2 aromatic carbocycles. The van der Waals surface area contributed by atoms with E-state index in [2.05, 4.69) is 10.4 Å². The Morgan fingerprint density at radius 2 is 1.57 bits per heavy atom. The van der Waals surface area contributed by atoms with Gasteiger partial charge >= 0.3 is 6.09 Å². The van der Waals surface area contributed by atoms with E-state index in [-0.39, 0.29) is 17.9 Å². The van der Waals surface area contributed by atoms with E-state index < -0.39 is 5.60 Å². The standard InChI is InChI=1S/C29H35ClN4O6/c1-29(2,3)40-28(36)33-13-11-18(12-14-33)25-22(17-31-34(25)21-9-7-19(30)8-10-21)27(35)32-20-15-23(37-4)26(39-6)24(16-20)38-5/h7-10,15-18H,11-14H2,1-6H3,(H,32,35). The minimum atomic E-state index is -0.570. The Kier molecular flexibility index (Phi) is 8.78. The lowest BCUT2D eigenvalue weighted by Crippen LogP contribution is -2.41. The highest BCUT2D eigenvalue weighted by Crippen LogP contribution is 2.40. The minimum absolute atomic E-state index is 0.0300. The van der Waals surface area contributed by atoms with Crippen LogP contribution in [-0.2, 0) is 4.74 Å². The Morgan fingerprint density at radius 3 is 2.10 bits per heavy atom. The van der Waals surface area contributed by atoms with Crippen molar-refractivity contribution in [3.05, 3.63) is 58.9 Å². The van der Waals surface area contributed by atoms with Crippen LogP contribution in [0.3, 0.4) is 0 Å². The van der Waals surface area contributed by atoms with Crippen molar-refractivity contribution in [2.24, 2.45) is 0 Å². The van der Waals surface area contributed by atoms with Gasteiger partial charge in [-0.25, -0.2) is 9.48 Å². The van der Waals surface area contributed by atoms with Crippen LogP contribution in [0, 0.1) is 0 Å². The summed E-state index contributed by atoms with van der Waals surface area (Å²) in [7, 11) is 4.55. The molecule has 0 aliphatic carbocycles. The van der Waals surface area contributed by atoms with Crippen LogP contribution < -0.4 is 19.5 Å². The third kappa shape index (κ3) is 6.44. The second kappa shape index (κ2) is 12.1. The molecule has 10 nitrogen and oxygen atoms in total. The molecular formula is C29H35ClN4O6. The number of piperidine rings is 1. The largest absolute Gasteiger partial charge is 0.493 e. The van der Waals surface area contributed by atoms with Gasteiger partial charge in [-0.3, -0.25) is 4.79 Å². The molecule has 1 aliphatic heterocycles. The minimum Gasteiger partial charge on any atom is -0.493 e. The fourth-order valence-electron chi connectivity index (χ4n) is 4.73. The van der Waals surface area contributed by atoms with E-state index >= 15 is 0 Å². The first-order chi connectivity index (χ1) is 19.0. The first-order valence-electron chi connectivity index (χ1n) is 13.0. The van der Waals surface area contributed by atoms with Crippen LogP contribution in [0.5, 0.6) is 17.2 Å². The van der Waals surface area contributed by atoms with Gasteiger partial charge in [-0.15, -0.1) is 0 Å². The van der Waals surface area contributed by atoms with Crippen LogP contribution in [0.15, 0.2) is 42.6 Å². The number of hydrogen-bond acceptors (Lipinski definition) is 7. The van der Waals surface area contributed by atoms with E-state index in [4.69, 9.17) is 30.5 Å². The van der Waals surface area contributed by atoms with Crippen molar-refractivity contribution < 1.29 is 28.5 Å². The van der Waals surface area contributed by atoms with Crippen LogP contribution in [-0.4, -0.2) is 66.7 Å². The van der Waals surface area contributed by atoms with Crippen molar-refractivity contribution in [1.82, 2.24) is 14.7 Å². The zero-order valence-corrected chi connectivity index (χ0v) is 24.4. The van der Waals surface area contributed by atoms with Gasteiger partial charge in [0.1, 0.15) is 5.60 Å². The second-order valence-electron chi connectivity index (χ2n) is 10.4. The number of ether oxygens (including phenoxy) is 4. The molecule has 1 aromatic heterocycles. The molecule has 0 radical (unpaired) electrons. The summed E-state index contributed by atoms with van der Waals surface area (Å²) in [5.74, 6) is 0.903. The lowest BCUT2D eigenvalue weighted by molar-refractivity contribution is 0.0203. The third-order valence-corrected chi connectivity index (χ3v) is 6.83. The molecule has 40 heavy (non-hydrogen) atoms. The van der Waals surface area contributed by atoms with Crippen molar-refractivity contribution in [3.8, 4) is 22.9 Å². The highest BCUT2D eigenvalue weighted by Gasteiger charge is 2.32. The molecular weight excluding hydrogens is 536 g/mol. The van der Waals surface area contributed by atoms with Crippen LogP contribution in [0.2, 0.25) is 5.02 Å². The SMILES string of the molecule is COc1cc(NC(=O)c2cnn(-c3ccc(Cl)cc3)c2C2CCN(C(=O)OC(C)(C)C)CC2)cc(OC)c1OC. The molecule has 1 saturated heterocycles. The van der Waals surface area contributed by atoms with Crippen molar-refractivity contribution in [2.45, 2.75) is 45.1 Å². The number of rotatable bonds is 7. The number of nitrogens with zero attached hydrogens (tertiary/aromatic N) is 3. The van der Waals surface area contributed by atoms with Crippen molar-refractivity contribution in [3.63, 3.8) is 0 Å². The van der Waals surface area contributed by atoms with Gasteiger partial charge in [-0.1, -0.05) is 11.6 Å². The van der Waals surface area contributed by atoms with Gasteiger partial charge in [0.05, 0.1) is 44.5 Å². The van der Waals surface area contributed by atoms with Crippen LogP contribution in [0.4, 0.5) is 10.5 Å². The molecule has 0 saturated carbocycles. The highest BCUT2D eigenvalue weighted by molar-refractivity contribution is 6.30. The van der Waals surface area contributed by atoms with E-state index in [1.165, 1.54) is 21.3 Å². The van der Waals surface area contributed by atoms with Crippen LogP contribution in [0.1, 0.15) is 55.6 Å². The second-order valence-corrected chi connectivity index (χ2v) is 10.9. The zero-order valence-electron chi connectivity index (χ0n) is 23.6. The summed E-state index contributed by atoms with van der Waals surface area (Å²) in [5, 5.41) is 8.14. The average Bonchev–Trinajstić information content (AvgIpc) is 3.37. The first kappa shape index (κ1) is 29.1. The maximum Gasteiger partial charge on any atom is 0.410 e. The molecule has 0 spiro atoms. The van der Waals surface area contributed by atoms with E-state index in [0.29, 0.717) is 59.5 Å². The molecule has 1 fully saturated rings. The summed E-state index contributed by atoms with van der Waals surface area (Å²) >= 11 is 6.12. The predicted octanol–water partition coefficient (Wildman–Crippen LogP) is 5.92. The quantitative estimate of drug-likeness (QED) is 0.376. The fraction of sp³-hybridized carbons (Fsp3) is 0.414. The monoisotopic (exact) mass is 570 g/mol. The number of amides is 2. The Morgan fingerprint density at radius 1 is 0.975 bits per heavy atom. The molecule has 0 bridgehead atoms. The van der Waals surface area contributed by atoms with Crippen molar-refractivity contribution >= 4 is 29.3 Å². The van der Waals surface area contributed by atoms with Gasteiger partial charge < -0.3 is 29.2 Å². The number of carbonyl (C=O) groups is 2. The number of aromatic nitrogens is 2. The third-order valence-electron chi connectivity index (χ3n) is 6.58. The van der Waals surface area contributed by atoms with Gasteiger partial charge in [0.15, 0.2) is 11.5 Å². The first-order valence-corrected chi connectivity index (χ1v) is 13.4. The number of anilines is 1. The lowest BCUT2D eigenvalue weighted by atomic mass is 9.90. The average molecular weight is 571 g/mol. The summed E-state index contributed by atoms with van der Waals surface area (Å²) in [4.78, 5) is 28.0. The normalized spacial score (nSPS) is 14.0. The number of likely N-dealkylation sites (tertiary alicyclic amines) is 1. The zero-order chi connectivity index (χ0) is 29.0. The summed E-state index contributed by atoms with van der Waals surface area (Å²) < 4.78 is 23.6. The maximum atomic E-state index is 13.7. The summed E-state index contributed by atoms with van der Waals surface area (Å²) in [6.07, 6.45) is 2.52. The molecule has 1 aliphatic rings. The highest BCUT2D eigenvalue weighted by atomic mass is 35.5. The van der Waals surface area contributed by atoms with E-state index in [9.17, 15) is 9.59 Å². The molecule has 1 N–H and O–H groups in total. The smallest absolute Gasteiger partial charge is 0.410 e. The number of benzene rings is 2. The molecule has 2 heterocycles. The maximum absolute atomic E-state index is 13.7. The van der Waals surface area contributed by atoms with Crippen molar-refractivity contribution in [1.29, 1.82) is 0 Å². The Hall–Kier alpha value is -3.92. The molecule has 214 valence electrons. The molecule has 3 aromatic rings. The molecule has 0 atom stereocenters. The Balaban J connectivity index is 1.65. The summed E-state index contributed by atoms with van der Waals surface area (Å²) in [6, 6.07) is 10.6. The molecule has 0 unspecified atom stereocenters. The van der Waals surface area contributed by atoms with Crippen molar-refractivity contribution in [2.75, 3.05) is 39.7 Å². The summed E-state index contributed by atoms with van der Waals surface area (Å²) in [6.45, 7) is 6.54. The number of methoxy groups -OCH3 is 3. The van der Waals surface area contributed by atoms with E-state index in [0.717, 1.165) is 11.4 Å². The van der Waals surface area contributed by atoms with Crippen LogP contribution in [0.25, 0.3) is 5.69 Å². The molecule has 11 heteroatoms. The summed E-state index contributed by atoms with van der Waals surface area (Å²) in [5.41, 5.74) is 1.87. The Bertz CT molecular complexity index is 1330. The van der Waals surface area contributed by atoms with Gasteiger partial charge in [0.2, 0.25) is 5.75 Å². The number of nitrogens with one attached hydrogen (secondary N) is 1. The van der Waals surface area contributed by atoms with Gasteiger partial charge in [0, 0.05) is 41.9 Å². The van der Waals surface area contributed by atoms with Gasteiger partial charge in [0.25, 0.3) is 5.91 Å². The molecule has 2 amide bonds. The number of halogens is 1. The number of hydrogen-bond donors (Lipinski definition) is 1. The van der Waals surface area contributed by atoms with Crippen LogP contribution >= 0.6 is 11.6 Å². The number of carbonyl (C=O) groups excluding carboxylic acids is 2. The van der Waals surface area contributed by atoms with Gasteiger partial charge in [-0.2, -0.15) is 5.10 Å². The molecule has 4 rings (SSSR count). The Labute approximate surface area is 239 Å². The van der Waals surface area contributed by atoms with Gasteiger partial charge in [-0.05, 0) is 57.9 Å². The van der Waals surface area contributed by atoms with E-state index in [1.54, 1.807) is 40.0 Å². The van der Waals surface area contributed by atoms with E-state index in [1.807, 2.05) is 32.9 Å². The lowest BCUT2D eigenvalue weighted by Gasteiger charge is -2.34.